The predicted octanol–water partition coefficient (Wildman–Crippen LogP) is 4.43. The van der Waals surface area contributed by atoms with E-state index in [0.29, 0.717) is 11.3 Å². The zero-order valence-corrected chi connectivity index (χ0v) is 18.5. The molecule has 0 amide bonds. The van der Waals surface area contributed by atoms with Gasteiger partial charge in [0.2, 0.25) is 0 Å². The Kier molecular flexibility index (Phi) is 9.25. The first-order chi connectivity index (χ1) is 14.8. The number of esters is 2. The average molecular weight is 427 g/mol. The van der Waals surface area contributed by atoms with Crippen molar-refractivity contribution in [1.82, 2.24) is 0 Å². The van der Waals surface area contributed by atoms with Crippen LogP contribution in [0.1, 0.15) is 49.5 Å². The molecule has 0 aliphatic heterocycles. The Balaban J connectivity index is 1.67. The number of hydrogen-bond acceptors (Lipinski definition) is 6. The molecule has 6 nitrogen and oxygen atoms in total. The summed E-state index contributed by atoms with van der Waals surface area (Å²) in [4.78, 5) is 36.0. The highest BCUT2D eigenvalue weighted by molar-refractivity contribution is 5.97. The molecule has 0 fully saturated rings. The second-order valence-corrected chi connectivity index (χ2v) is 7.88. The zero-order chi connectivity index (χ0) is 22.8. The summed E-state index contributed by atoms with van der Waals surface area (Å²) in [5.74, 6) is -0.869. The van der Waals surface area contributed by atoms with Gasteiger partial charge in [0.25, 0.3) is 0 Å². The first-order valence-electron chi connectivity index (χ1n) is 10.4. The molecule has 0 aliphatic carbocycles. The van der Waals surface area contributed by atoms with Gasteiger partial charge in [0.15, 0.2) is 12.4 Å². The smallest absolute Gasteiger partial charge is 0.344 e. The molecule has 0 spiro atoms. The van der Waals surface area contributed by atoms with Gasteiger partial charge in [0.1, 0.15) is 5.75 Å². The van der Waals surface area contributed by atoms with Crippen molar-refractivity contribution in [3.05, 3.63) is 65.7 Å². The molecule has 0 aromatic heterocycles. The zero-order valence-electron chi connectivity index (χ0n) is 18.5. The highest BCUT2D eigenvalue weighted by atomic mass is 16.6. The molecule has 0 saturated heterocycles. The van der Waals surface area contributed by atoms with Gasteiger partial charge in [-0.1, -0.05) is 51.1 Å². The summed E-state index contributed by atoms with van der Waals surface area (Å²) < 4.78 is 15.9. The number of carbonyl (C=O) groups excluding carboxylic acids is 3. The van der Waals surface area contributed by atoms with Gasteiger partial charge in [-0.15, -0.1) is 0 Å². The van der Waals surface area contributed by atoms with Crippen molar-refractivity contribution in [3.8, 4) is 5.75 Å². The fraction of sp³-hybridized carbons (Fsp3) is 0.400. The summed E-state index contributed by atoms with van der Waals surface area (Å²) in [6, 6.07) is 16.1. The number of Topliss-reactive ketones (excluding diaryl/α,β-unsaturated/α-hetero) is 1. The van der Waals surface area contributed by atoms with Gasteiger partial charge in [-0.05, 0) is 36.8 Å². The molecule has 2 rings (SSSR count). The lowest BCUT2D eigenvalue weighted by atomic mass is 10.0. The largest absolute Gasteiger partial charge is 0.482 e. The highest BCUT2D eigenvalue weighted by Gasteiger charge is 2.18. The van der Waals surface area contributed by atoms with Crippen LogP contribution in [0.2, 0.25) is 0 Å². The number of carbonyl (C=O) groups is 3. The van der Waals surface area contributed by atoms with Gasteiger partial charge in [-0.25, -0.2) is 4.79 Å². The lowest BCUT2D eigenvalue weighted by Crippen LogP contribution is -2.23. The third kappa shape index (κ3) is 7.89. The monoisotopic (exact) mass is 426 g/mol. The summed E-state index contributed by atoms with van der Waals surface area (Å²) in [6.45, 7) is 7.36. The van der Waals surface area contributed by atoms with E-state index in [4.69, 9.17) is 14.2 Å². The van der Waals surface area contributed by atoms with E-state index >= 15 is 0 Å². The van der Waals surface area contributed by atoms with Crippen molar-refractivity contribution in [1.29, 1.82) is 0 Å². The number of benzene rings is 2. The van der Waals surface area contributed by atoms with E-state index in [2.05, 4.69) is 0 Å². The van der Waals surface area contributed by atoms with Gasteiger partial charge in [-0.3, -0.25) is 9.59 Å². The highest BCUT2D eigenvalue weighted by Crippen LogP contribution is 2.17. The van der Waals surface area contributed by atoms with Crippen molar-refractivity contribution in [2.24, 2.45) is 11.8 Å². The van der Waals surface area contributed by atoms with Crippen LogP contribution in [-0.4, -0.2) is 37.5 Å². The molecule has 166 valence electrons. The molecule has 0 bridgehead atoms. The van der Waals surface area contributed by atoms with Crippen LogP contribution in [0.4, 0.5) is 0 Å². The number of ether oxygens (including phenoxy) is 3. The van der Waals surface area contributed by atoms with Crippen LogP contribution < -0.4 is 4.74 Å². The maximum absolute atomic E-state index is 12.2. The van der Waals surface area contributed by atoms with Crippen molar-refractivity contribution in [2.45, 2.75) is 33.6 Å². The lowest BCUT2D eigenvalue weighted by molar-refractivity contribution is -0.150. The Morgan fingerprint density at radius 2 is 1.42 bits per heavy atom. The van der Waals surface area contributed by atoms with Crippen molar-refractivity contribution in [2.75, 3.05) is 19.8 Å². The molecule has 2 unspecified atom stereocenters. The number of ketones is 1. The number of rotatable bonds is 11. The fourth-order valence-corrected chi connectivity index (χ4v) is 2.74. The van der Waals surface area contributed by atoms with Crippen LogP contribution in [0, 0.1) is 11.8 Å². The average Bonchev–Trinajstić information content (AvgIpc) is 2.79. The third-order valence-corrected chi connectivity index (χ3v) is 4.71. The van der Waals surface area contributed by atoms with Gasteiger partial charge in [0.05, 0.1) is 19.1 Å². The van der Waals surface area contributed by atoms with Crippen LogP contribution in [0.15, 0.2) is 54.6 Å². The summed E-state index contributed by atoms with van der Waals surface area (Å²) >= 11 is 0. The van der Waals surface area contributed by atoms with Crippen LogP contribution in [0.25, 0.3) is 0 Å². The Morgan fingerprint density at radius 1 is 0.806 bits per heavy atom. The maximum atomic E-state index is 12.2. The maximum Gasteiger partial charge on any atom is 0.344 e. The van der Waals surface area contributed by atoms with Crippen molar-refractivity contribution >= 4 is 17.7 Å². The molecule has 0 heterocycles. The Labute approximate surface area is 183 Å². The van der Waals surface area contributed by atoms with Gasteiger partial charge in [0, 0.05) is 17.4 Å². The first-order valence-corrected chi connectivity index (χ1v) is 10.4. The van der Waals surface area contributed by atoms with Crippen LogP contribution in [0.3, 0.4) is 0 Å². The van der Waals surface area contributed by atoms with E-state index in [1.54, 1.807) is 31.2 Å². The predicted molar refractivity (Wildman–Crippen MR) is 117 cm³/mol. The van der Waals surface area contributed by atoms with E-state index in [-0.39, 0.29) is 49.3 Å². The molecular formula is C25H30O6. The summed E-state index contributed by atoms with van der Waals surface area (Å²) in [5, 5.41) is 0. The SMILES string of the molecule is CC(COC(=O)COc1ccc(C(=O)C(C)C)cc1)COC(=O)C(C)c1ccccc1. The summed E-state index contributed by atoms with van der Waals surface area (Å²) in [6.07, 6.45) is 0. The summed E-state index contributed by atoms with van der Waals surface area (Å²) in [7, 11) is 0. The molecule has 0 radical (unpaired) electrons. The molecule has 0 aliphatic rings. The first kappa shape index (κ1) is 24.1. The van der Waals surface area contributed by atoms with E-state index in [9.17, 15) is 14.4 Å². The second-order valence-electron chi connectivity index (χ2n) is 7.88. The van der Waals surface area contributed by atoms with E-state index in [0.717, 1.165) is 5.56 Å². The minimum absolute atomic E-state index is 0.0545. The molecule has 0 N–H and O–H groups in total. The second kappa shape index (κ2) is 11.9. The fourth-order valence-electron chi connectivity index (χ4n) is 2.74. The Morgan fingerprint density at radius 3 is 2.03 bits per heavy atom. The molecule has 2 aromatic rings. The van der Waals surface area contributed by atoms with Crippen LogP contribution in [-0.2, 0) is 19.1 Å². The quantitative estimate of drug-likeness (QED) is 0.391. The van der Waals surface area contributed by atoms with E-state index in [1.165, 1.54) is 0 Å². The van der Waals surface area contributed by atoms with Gasteiger partial charge in [-0.2, -0.15) is 0 Å². The topological polar surface area (TPSA) is 78.9 Å². The summed E-state index contributed by atoms with van der Waals surface area (Å²) in [5.41, 5.74) is 1.50. The lowest BCUT2D eigenvalue weighted by Gasteiger charge is -2.16. The minimum atomic E-state index is -0.516. The van der Waals surface area contributed by atoms with Gasteiger partial charge >= 0.3 is 11.9 Å². The Hall–Kier alpha value is -3.15. The third-order valence-electron chi connectivity index (χ3n) is 4.71. The van der Waals surface area contributed by atoms with Gasteiger partial charge < -0.3 is 14.2 Å². The van der Waals surface area contributed by atoms with Crippen LogP contribution >= 0.6 is 0 Å². The van der Waals surface area contributed by atoms with E-state index in [1.807, 2.05) is 51.1 Å². The molecule has 2 aromatic carbocycles. The van der Waals surface area contributed by atoms with Crippen molar-refractivity contribution < 1.29 is 28.6 Å². The molecule has 0 saturated carbocycles. The molecule has 6 heteroatoms. The number of hydrogen-bond donors (Lipinski definition) is 0. The van der Waals surface area contributed by atoms with E-state index < -0.39 is 5.97 Å². The standard InChI is InChI=1S/C25H30O6/c1-17(2)24(27)21-10-12-22(13-11-21)29-16-23(26)30-14-18(3)15-31-25(28)19(4)20-8-6-5-7-9-20/h5-13,17-19H,14-16H2,1-4H3. The molecule has 31 heavy (non-hydrogen) atoms. The Bertz CT molecular complexity index is 857. The normalized spacial score (nSPS) is 12.7. The van der Waals surface area contributed by atoms with Crippen molar-refractivity contribution in [3.63, 3.8) is 0 Å². The van der Waals surface area contributed by atoms with Crippen LogP contribution in [0.5, 0.6) is 5.75 Å². The minimum Gasteiger partial charge on any atom is -0.482 e. The molecule has 2 atom stereocenters. The molecular weight excluding hydrogens is 396 g/mol.